The van der Waals surface area contributed by atoms with Gasteiger partial charge in [-0.15, -0.1) is 0 Å². The van der Waals surface area contributed by atoms with Crippen molar-refractivity contribution in [2.45, 2.75) is 32.9 Å². The molecule has 0 amide bonds. The normalized spacial score (nSPS) is 11.9. The number of benzene rings is 2. The van der Waals surface area contributed by atoms with Crippen molar-refractivity contribution in [2.75, 3.05) is 5.32 Å². The molecule has 0 heterocycles. The monoisotopic (exact) mass is 289 g/mol. The Kier molecular flexibility index (Phi) is 5.31. The van der Waals surface area contributed by atoms with E-state index in [1.165, 1.54) is 0 Å². The topological polar surface area (TPSA) is 21.3 Å². The van der Waals surface area contributed by atoms with Gasteiger partial charge in [0, 0.05) is 17.3 Å². The Labute approximate surface area is 125 Å². The van der Waals surface area contributed by atoms with Crippen molar-refractivity contribution in [3.05, 3.63) is 59.1 Å². The first-order valence-corrected chi connectivity index (χ1v) is 7.31. The molecule has 2 aromatic rings. The summed E-state index contributed by atoms with van der Waals surface area (Å²) in [6, 6.07) is 15.9. The van der Waals surface area contributed by atoms with Crippen molar-refractivity contribution in [1.29, 1.82) is 0 Å². The smallest absolute Gasteiger partial charge is 0.119 e. The SMILES string of the molecule is CCC(C)Oc1ccc(NCc2ccccc2Cl)cc1. The van der Waals surface area contributed by atoms with E-state index in [-0.39, 0.29) is 6.10 Å². The lowest BCUT2D eigenvalue weighted by molar-refractivity contribution is 0.217. The summed E-state index contributed by atoms with van der Waals surface area (Å²) in [6.45, 7) is 4.90. The molecule has 0 saturated heterocycles. The Morgan fingerprint density at radius 1 is 1.10 bits per heavy atom. The molecule has 20 heavy (non-hydrogen) atoms. The van der Waals surface area contributed by atoms with Gasteiger partial charge in [-0.1, -0.05) is 36.7 Å². The van der Waals surface area contributed by atoms with Crippen LogP contribution in [0.15, 0.2) is 48.5 Å². The van der Waals surface area contributed by atoms with Gasteiger partial charge in [0.25, 0.3) is 0 Å². The molecule has 2 nitrogen and oxygen atoms in total. The number of nitrogens with one attached hydrogen (secondary N) is 1. The van der Waals surface area contributed by atoms with E-state index >= 15 is 0 Å². The summed E-state index contributed by atoms with van der Waals surface area (Å²) in [7, 11) is 0. The zero-order valence-electron chi connectivity index (χ0n) is 11.9. The van der Waals surface area contributed by atoms with E-state index in [2.05, 4.69) is 19.2 Å². The van der Waals surface area contributed by atoms with Gasteiger partial charge in [-0.25, -0.2) is 0 Å². The van der Waals surface area contributed by atoms with Gasteiger partial charge in [0.05, 0.1) is 6.10 Å². The van der Waals surface area contributed by atoms with E-state index in [4.69, 9.17) is 16.3 Å². The van der Waals surface area contributed by atoms with Crippen molar-refractivity contribution in [3.63, 3.8) is 0 Å². The second kappa shape index (κ2) is 7.20. The Hall–Kier alpha value is -1.67. The quantitative estimate of drug-likeness (QED) is 0.796. The van der Waals surface area contributed by atoms with Crippen molar-refractivity contribution < 1.29 is 4.74 Å². The molecular formula is C17H20ClNO. The molecule has 0 aromatic heterocycles. The molecule has 0 aliphatic heterocycles. The number of hydrogen-bond donors (Lipinski definition) is 1. The fraction of sp³-hybridized carbons (Fsp3) is 0.294. The summed E-state index contributed by atoms with van der Waals surface area (Å²) in [5.41, 5.74) is 2.15. The molecule has 0 fully saturated rings. The lowest BCUT2D eigenvalue weighted by atomic mass is 10.2. The molecule has 2 aromatic carbocycles. The first-order chi connectivity index (χ1) is 9.69. The molecule has 0 saturated carbocycles. The van der Waals surface area contributed by atoms with Crippen LogP contribution in [0.5, 0.6) is 5.75 Å². The summed E-state index contributed by atoms with van der Waals surface area (Å²) in [5, 5.41) is 4.14. The van der Waals surface area contributed by atoms with Crippen LogP contribution in [0.4, 0.5) is 5.69 Å². The average Bonchev–Trinajstić information content (AvgIpc) is 2.48. The summed E-state index contributed by atoms with van der Waals surface area (Å²) in [5.74, 6) is 0.905. The van der Waals surface area contributed by atoms with Crippen LogP contribution in [-0.4, -0.2) is 6.10 Å². The highest BCUT2D eigenvalue weighted by Crippen LogP contribution is 2.20. The molecule has 1 N–H and O–H groups in total. The molecule has 3 heteroatoms. The van der Waals surface area contributed by atoms with Gasteiger partial charge in [0.1, 0.15) is 5.75 Å². The van der Waals surface area contributed by atoms with Crippen molar-refractivity contribution in [1.82, 2.24) is 0 Å². The van der Waals surface area contributed by atoms with Gasteiger partial charge in [0.2, 0.25) is 0 Å². The van der Waals surface area contributed by atoms with Crippen LogP contribution >= 0.6 is 11.6 Å². The fourth-order valence-corrected chi connectivity index (χ4v) is 2.01. The summed E-state index contributed by atoms with van der Waals surface area (Å²) >= 11 is 6.13. The number of halogens is 1. The van der Waals surface area contributed by atoms with Crippen molar-refractivity contribution in [2.24, 2.45) is 0 Å². The maximum absolute atomic E-state index is 6.13. The van der Waals surface area contributed by atoms with Gasteiger partial charge >= 0.3 is 0 Å². The van der Waals surface area contributed by atoms with Crippen LogP contribution in [-0.2, 0) is 6.54 Å². The molecule has 106 valence electrons. The van der Waals surface area contributed by atoms with Crippen LogP contribution in [0.3, 0.4) is 0 Å². The van der Waals surface area contributed by atoms with E-state index in [0.717, 1.165) is 28.4 Å². The lowest BCUT2D eigenvalue weighted by Gasteiger charge is -2.13. The number of anilines is 1. The molecule has 1 unspecified atom stereocenters. The van der Waals surface area contributed by atoms with Gasteiger partial charge in [-0.05, 0) is 49.2 Å². The predicted octanol–water partition coefficient (Wildman–Crippen LogP) is 5.13. The van der Waals surface area contributed by atoms with Crippen LogP contribution < -0.4 is 10.1 Å². The van der Waals surface area contributed by atoms with Gasteiger partial charge in [0.15, 0.2) is 0 Å². The molecule has 0 radical (unpaired) electrons. The van der Waals surface area contributed by atoms with E-state index in [0.29, 0.717) is 6.54 Å². The Morgan fingerprint density at radius 2 is 1.80 bits per heavy atom. The minimum Gasteiger partial charge on any atom is -0.491 e. The number of rotatable bonds is 6. The second-order valence-corrected chi connectivity index (χ2v) is 5.21. The predicted molar refractivity (Wildman–Crippen MR) is 85.6 cm³/mol. The van der Waals surface area contributed by atoms with Crippen molar-refractivity contribution in [3.8, 4) is 5.75 Å². The van der Waals surface area contributed by atoms with Gasteiger partial charge in [-0.2, -0.15) is 0 Å². The Bertz CT molecular complexity index is 539. The summed E-state index contributed by atoms with van der Waals surface area (Å²) in [6.07, 6.45) is 1.25. The Balaban J connectivity index is 1.92. The molecular weight excluding hydrogens is 270 g/mol. The maximum Gasteiger partial charge on any atom is 0.119 e. The van der Waals surface area contributed by atoms with Gasteiger partial charge < -0.3 is 10.1 Å². The second-order valence-electron chi connectivity index (χ2n) is 4.81. The molecule has 0 bridgehead atoms. The van der Waals surface area contributed by atoms with E-state index in [1.807, 2.05) is 48.5 Å². The minimum absolute atomic E-state index is 0.247. The molecule has 0 spiro atoms. The number of hydrogen-bond acceptors (Lipinski definition) is 2. The largest absolute Gasteiger partial charge is 0.491 e. The van der Waals surface area contributed by atoms with Crippen LogP contribution in [0.25, 0.3) is 0 Å². The fourth-order valence-electron chi connectivity index (χ4n) is 1.81. The zero-order chi connectivity index (χ0) is 14.4. The van der Waals surface area contributed by atoms with Crippen molar-refractivity contribution >= 4 is 17.3 Å². The highest BCUT2D eigenvalue weighted by atomic mass is 35.5. The molecule has 0 aliphatic rings. The van der Waals surface area contributed by atoms with Gasteiger partial charge in [-0.3, -0.25) is 0 Å². The maximum atomic E-state index is 6.13. The molecule has 1 atom stereocenters. The summed E-state index contributed by atoms with van der Waals surface area (Å²) in [4.78, 5) is 0. The first kappa shape index (κ1) is 14.7. The lowest BCUT2D eigenvalue weighted by Crippen LogP contribution is -2.09. The first-order valence-electron chi connectivity index (χ1n) is 6.93. The van der Waals surface area contributed by atoms with E-state index in [1.54, 1.807) is 0 Å². The van der Waals surface area contributed by atoms with E-state index < -0.39 is 0 Å². The number of ether oxygens (including phenoxy) is 1. The third-order valence-electron chi connectivity index (χ3n) is 3.21. The Morgan fingerprint density at radius 3 is 2.45 bits per heavy atom. The third kappa shape index (κ3) is 4.17. The minimum atomic E-state index is 0.247. The summed E-state index contributed by atoms with van der Waals surface area (Å²) < 4.78 is 5.75. The highest BCUT2D eigenvalue weighted by molar-refractivity contribution is 6.31. The molecule has 2 rings (SSSR count). The van der Waals surface area contributed by atoms with Crippen LogP contribution in [0.2, 0.25) is 5.02 Å². The molecule has 0 aliphatic carbocycles. The zero-order valence-corrected chi connectivity index (χ0v) is 12.7. The van der Waals surface area contributed by atoms with E-state index in [9.17, 15) is 0 Å². The van der Waals surface area contributed by atoms with Crippen LogP contribution in [0, 0.1) is 0 Å². The average molecular weight is 290 g/mol. The standard InChI is InChI=1S/C17H20ClNO/c1-3-13(2)20-16-10-8-15(9-11-16)19-12-14-6-4-5-7-17(14)18/h4-11,13,19H,3,12H2,1-2H3. The third-order valence-corrected chi connectivity index (χ3v) is 3.58. The highest BCUT2D eigenvalue weighted by Gasteiger charge is 2.02. The van der Waals surface area contributed by atoms with Crippen LogP contribution in [0.1, 0.15) is 25.8 Å².